The van der Waals surface area contributed by atoms with Crippen LogP contribution in [0.1, 0.15) is 17.4 Å². The molecule has 2 aliphatic heterocycles. The van der Waals surface area contributed by atoms with E-state index >= 15 is 0 Å². The monoisotopic (exact) mass is 336 g/mol. The molecule has 0 bridgehead atoms. The molecule has 3 rings (SSSR count). The normalized spacial score (nSPS) is 22.6. The second-order valence-electron chi connectivity index (χ2n) is 5.83. The van der Waals surface area contributed by atoms with Crippen molar-refractivity contribution in [2.45, 2.75) is 11.8 Å². The number of carbonyl (C=O) groups is 1. The van der Waals surface area contributed by atoms with Crippen molar-refractivity contribution in [2.24, 2.45) is 0 Å². The lowest BCUT2D eigenvalue weighted by Crippen LogP contribution is -2.38. The van der Waals surface area contributed by atoms with Crippen molar-refractivity contribution in [2.75, 3.05) is 52.3 Å². The molecule has 1 atom stereocenters. The zero-order chi connectivity index (χ0) is 16.1. The Morgan fingerprint density at radius 3 is 2.91 bits per heavy atom. The molecule has 0 spiro atoms. The quantitative estimate of drug-likeness (QED) is 0.795. The van der Waals surface area contributed by atoms with E-state index in [9.17, 15) is 4.79 Å². The Hall–Kier alpha value is -1.24. The van der Waals surface area contributed by atoms with E-state index in [1.807, 2.05) is 23.1 Å². The van der Waals surface area contributed by atoms with Crippen molar-refractivity contribution in [3.8, 4) is 5.75 Å². The number of methoxy groups -OCH3 is 1. The summed E-state index contributed by atoms with van der Waals surface area (Å²) < 4.78 is 10.7. The highest BCUT2D eigenvalue weighted by molar-refractivity contribution is 8.00. The molecule has 0 saturated carbocycles. The summed E-state index contributed by atoms with van der Waals surface area (Å²) in [6.45, 7) is 5.49. The number of rotatable bonds is 6. The van der Waals surface area contributed by atoms with Gasteiger partial charge in [0.2, 0.25) is 5.91 Å². The van der Waals surface area contributed by atoms with Crippen LogP contribution in [0.15, 0.2) is 24.3 Å². The fourth-order valence-corrected chi connectivity index (χ4v) is 4.26. The van der Waals surface area contributed by atoms with Gasteiger partial charge in [-0.25, -0.2) is 0 Å². The molecule has 126 valence electrons. The maximum atomic E-state index is 12.2. The molecule has 0 aromatic heterocycles. The van der Waals surface area contributed by atoms with Gasteiger partial charge in [-0.1, -0.05) is 12.1 Å². The van der Waals surface area contributed by atoms with Crippen LogP contribution in [-0.4, -0.2) is 68.0 Å². The Balaban J connectivity index is 1.58. The summed E-state index contributed by atoms with van der Waals surface area (Å²) in [7, 11) is 1.67. The Bertz CT molecular complexity index is 534. The Morgan fingerprint density at radius 2 is 2.13 bits per heavy atom. The lowest BCUT2D eigenvalue weighted by molar-refractivity contribution is -0.128. The number of nitrogens with zero attached hydrogens (tertiary/aromatic N) is 2. The summed E-state index contributed by atoms with van der Waals surface area (Å²) in [6.07, 6.45) is 1.01. The molecule has 1 aromatic carbocycles. The average molecular weight is 336 g/mol. The molecule has 2 fully saturated rings. The second kappa shape index (κ2) is 8.04. The maximum absolute atomic E-state index is 12.2. The number of ether oxygens (including phenoxy) is 2. The third-order valence-corrected chi connectivity index (χ3v) is 5.58. The number of carbonyl (C=O) groups excluding carboxylic acids is 1. The molecule has 2 aliphatic rings. The summed E-state index contributed by atoms with van der Waals surface area (Å²) in [5, 5.41) is 0.113. The van der Waals surface area contributed by atoms with Crippen molar-refractivity contribution in [3.05, 3.63) is 29.8 Å². The number of morpholine rings is 1. The van der Waals surface area contributed by atoms with Crippen LogP contribution >= 0.6 is 11.8 Å². The zero-order valence-electron chi connectivity index (χ0n) is 13.6. The van der Waals surface area contributed by atoms with Crippen molar-refractivity contribution in [3.63, 3.8) is 0 Å². The smallest absolute Gasteiger partial charge is 0.233 e. The van der Waals surface area contributed by atoms with Crippen molar-refractivity contribution >= 4 is 17.7 Å². The molecule has 0 radical (unpaired) electrons. The molecule has 1 unspecified atom stereocenters. The summed E-state index contributed by atoms with van der Waals surface area (Å²) in [4.78, 5) is 16.7. The van der Waals surface area contributed by atoms with Gasteiger partial charge in [0.25, 0.3) is 0 Å². The fraction of sp³-hybridized carbons (Fsp3) is 0.588. The molecular weight excluding hydrogens is 312 g/mol. The van der Waals surface area contributed by atoms with Crippen molar-refractivity contribution in [1.29, 1.82) is 0 Å². The first-order valence-corrected chi connectivity index (χ1v) is 9.18. The average Bonchev–Trinajstić information content (AvgIpc) is 2.97. The van der Waals surface area contributed by atoms with E-state index in [1.54, 1.807) is 18.9 Å². The van der Waals surface area contributed by atoms with Gasteiger partial charge in [-0.2, -0.15) is 0 Å². The Labute approximate surface area is 141 Å². The van der Waals surface area contributed by atoms with Crippen LogP contribution in [0.2, 0.25) is 0 Å². The number of hydrogen-bond donors (Lipinski definition) is 0. The molecule has 0 aliphatic carbocycles. The second-order valence-corrected chi connectivity index (χ2v) is 6.90. The van der Waals surface area contributed by atoms with Gasteiger partial charge < -0.3 is 14.4 Å². The molecule has 2 saturated heterocycles. The van der Waals surface area contributed by atoms with Crippen molar-refractivity contribution in [1.82, 2.24) is 9.80 Å². The minimum atomic E-state index is 0.113. The van der Waals surface area contributed by atoms with Gasteiger partial charge >= 0.3 is 0 Å². The lowest BCUT2D eigenvalue weighted by atomic mass is 10.2. The van der Waals surface area contributed by atoms with Crippen LogP contribution in [0.3, 0.4) is 0 Å². The largest absolute Gasteiger partial charge is 0.497 e. The van der Waals surface area contributed by atoms with Gasteiger partial charge in [-0.3, -0.25) is 9.69 Å². The standard InChI is InChI=1S/C17H24N2O3S/c1-21-15-5-2-4-14(12-15)17-19(16(20)13-23-17)7-3-6-18-8-10-22-11-9-18/h2,4-5,12,17H,3,6-11,13H2,1H3. The van der Waals surface area contributed by atoms with E-state index in [1.165, 1.54) is 0 Å². The molecule has 2 heterocycles. The van der Waals surface area contributed by atoms with Crippen LogP contribution in [-0.2, 0) is 9.53 Å². The molecule has 0 N–H and O–H groups in total. The molecule has 23 heavy (non-hydrogen) atoms. The van der Waals surface area contributed by atoms with E-state index in [0.29, 0.717) is 5.75 Å². The SMILES string of the molecule is COc1cccc(C2SCC(=O)N2CCCN2CCOCC2)c1. The Morgan fingerprint density at radius 1 is 1.30 bits per heavy atom. The van der Waals surface area contributed by atoms with Gasteiger partial charge in [0.05, 0.1) is 26.1 Å². The van der Waals surface area contributed by atoms with Crippen LogP contribution < -0.4 is 4.74 Å². The molecular formula is C17H24N2O3S. The third kappa shape index (κ3) is 4.19. The van der Waals surface area contributed by atoms with E-state index < -0.39 is 0 Å². The van der Waals surface area contributed by atoms with E-state index in [4.69, 9.17) is 9.47 Å². The summed E-state index contributed by atoms with van der Waals surface area (Å²) in [5.74, 6) is 1.65. The predicted molar refractivity (Wildman–Crippen MR) is 91.8 cm³/mol. The van der Waals surface area contributed by atoms with Gasteiger partial charge in [0.1, 0.15) is 11.1 Å². The maximum Gasteiger partial charge on any atom is 0.233 e. The minimum Gasteiger partial charge on any atom is -0.497 e. The third-order valence-electron chi connectivity index (χ3n) is 4.32. The van der Waals surface area contributed by atoms with Gasteiger partial charge in [-0.05, 0) is 24.1 Å². The molecule has 5 nitrogen and oxygen atoms in total. The topological polar surface area (TPSA) is 42.0 Å². The highest BCUT2D eigenvalue weighted by Gasteiger charge is 2.32. The number of amides is 1. The summed E-state index contributed by atoms with van der Waals surface area (Å²) in [5.41, 5.74) is 1.14. The highest BCUT2D eigenvalue weighted by Crippen LogP contribution is 2.39. The van der Waals surface area contributed by atoms with Gasteiger partial charge in [0.15, 0.2) is 0 Å². The highest BCUT2D eigenvalue weighted by atomic mass is 32.2. The van der Waals surface area contributed by atoms with E-state index in [-0.39, 0.29) is 11.3 Å². The first-order valence-electron chi connectivity index (χ1n) is 8.13. The van der Waals surface area contributed by atoms with Crippen LogP contribution in [0.25, 0.3) is 0 Å². The summed E-state index contributed by atoms with van der Waals surface area (Å²) in [6, 6.07) is 8.04. The first kappa shape index (κ1) is 16.6. The van der Waals surface area contributed by atoms with Gasteiger partial charge in [0, 0.05) is 26.2 Å². The number of thioether (sulfide) groups is 1. The summed E-state index contributed by atoms with van der Waals surface area (Å²) >= 11 is 1.70. The van der Waals surface area contributed by atoms with Crippen LogP contribution in [0.5, 0.6) is 5.75 Å². The molecule has 1 amide bonds. The van der Waals surface area contributed by atoms with E-state index in [0.717, 1.165) is 57.1 Å². The number of benzene rings is 1. The van der Waals surface area contributed by atoms with Gasteiger partial charge in [-0.15, -0.1) is 11.8 Å². The molecule has 6 heteroatoms. The van der Waals surface area contributed by atoms with Crippen LogP contribution in [0.4, 0.5) is 0 Å². The number of hydrogen-bond acceptors (Lipinski definition) is 5. The molecule has 1 aromatic rings. The van der Waals surface area contributed by atoms with E-state index in [2.05, 4.69) is 11.0 Å². The minimum absolute atomic E-state index is 0.113. The zero-order valence-corrected chi connectivity index (χ0v) is 14.4. The fourth-order valence-electron chi connectivity index (χ4n) is 3.06. The first-order chi connectivity index (χ1) is 11.3. The van der Waals surface area contributed by atoms with Crippen molar-refractivity contribution < 1.29 is 14.3 Å². The van der Waals surface area contributed by atoms with Crippen LogP contribution in [0, 0.1) is 0 Å². The Kier molecular flexibility index (Phi) is 5.80. The predicted octanol–water partition coefficient (Wildman–Crippen LogP) is 1.99. The lowest BCUT2D eigenvalue weighted by Gasteiger charge is -2.29.